The van der Waals surface area contributed by atoms with Crippen LogP contribution in [0.2, 0.25) is 0 Å². The molecule has 2 rings (SSSR count). The molecule has 3 N–H and O–H groups in total. The normalized spacial score (nSPS) is 27.8. The number of nitrogens with zero attached hydrogens (tertiary/aromatic N) is 1. The van der Waals surface area contributed by atoms with Crippen molar-refractivity contribution in [2.24, 2.45) is 11.8 Å². The number of hydrogen-bond acceptors (Lipinski definition) is 3. The predicted octanol–water partition coefficient (Wildman–Crippen LogP) is 0.324. The Labute approximate surface area is 74.3 Å². The van der Waals surface area contributed by atoms with Crippen LogP contribution in [-0.2, 0) is 0 Å². The molecule has 0 bridgehead atoms. The van der Waals surface area contributed by atoms with Gasteiger partial charge in [-0.05, 0) is 38.1 Å². The Morgan fingerprint density at radius 3 is 2.42 bits per heavy atom. The molecule has 0 atom stereocenters. The van der Waals surface area contributed by atoms with Crippen LogP contribution in [0.4, 0.5) is 0 Å². The first kappa shape index (κ1) is 8.48. The lowest BCUT2D eigenvalue weighted by Crippen LogP contribution is -2.41. The molecule has 0 aromatic carbocycles. The summed E-state index contributed by atoms with van der Waals surface area (Å²) in [5.41, 5.74) is 0. The van der Waals surface area contributed by atoms with Crippen molar-refractivity contribution in [3.05, 3.63) is 0 Å². The maximum atomic E-state index is 5.68. The Morgan fingerprint density at radius 2 is 1.83 bits per heavy atom. The van der Waals surface area contributed by atoms with E-state index in [0.717, 1.165) is 25.0 Å². The van der Waals surface area contributed by atoms with E-state index in [1.54, 1.807) is 0 Å². The van der Waals surface area contributed by atoms with E-state index in [4.69, 9.17) is 5.84 Å². The largest absolute Gasteiger partial charge is 0.314 e. The van der Waals surface area contributed by atoms with Crippen LogP contribution < -0.4 is 11.2 Å². The molecule has 1 saturated carbocycles. The lowest BCUT2D eigenvalue weighted by Gasteiger charge is -2.28. The standard InChI is InChI=1S/C9H19N3/c10-12-5-3-8(4-6-12)7-11-9-1-2-9/h8-9,11H,1-7,10H2. The van der Waals surface area contributed by atoms with Crippen molar-refractivity contribution in [2.75, 3.05) is 19.6 Å². The fourth-order valence-electron chi connectivity index (χ4n) is 1.78. The summed E-state index contributed by atoms with van der Waals surface area (Å²) in [4.78, 5) is 0. The Kier molecular flexibility index (Phi) is 2.63. The third-order valence-corrected chi connectivity index (χ3v) is 2.92. The molecule has 0 unspecified atom stereocenters. The minimum absolute atomic E-state index is 0.862. The van der Waals surface area contributed by atoms with Gasteiger partial charge in [0.15, 0.2) is 0 Å². The van der Waals surface area contributed by atoms with Crippen LogP contribution in [0.3, 0.4) is 0 Å². The highest BCUT2D eigenvalue weighted by Crippen LogP contribution is 2.20. The average Bonchev–Trinajstić information content (AvgIpc) is 2.87. The minimum Gasteiger partial charge on any atom is -0.314 e. The molecule has 2 aliphatic rings. The zero-order valence-electron chi connectivity index (χ0n) is 7.63. The van der Waals surface area contributed by atoms with Gasteiger partial charge in [-0.2, -0.15) is 0 Å². The van der Waals surface area contributed by atoms with Gasteiger partial charge in [0, 0.05) is 19.1 Å². The topological polar surface area (TPSA) is 41.3 Å². The quantitative estimate of drug-likeness (QED) is 0.598. The average molecular weight is 169 g/mol. The van der Waals surface area contributed by atoms with Crippen LogP contribution in [0.15, 0.2) is 0 Å². The van der Waals surface area contributed by atoms with E-state index in [1.807, 2.05) is 5.01 Å². The van der Waals surface area contributed by atoms with Crippen molar-refractivity contribution in [2.45, 2.75) is 31.7 Å². The molecular formula is C9H19N3. The van der Waals surface area contributed by atoms with Crippen molar-refractivity contribution in [3.63, 3.8) is 0 Å². The van der Waals surface area contributed by atoms with Gasteiger partial charge in [0.25, 0.3) is 0 Å². The van der Waals surface area contributed by atoms with Gasteiger partial charge in [0.05, 0.1) is 0 Å². The minimum atomic E-state index is 0.862. The maximum Gasteiger partial charge on any atom is 0.0131 e. The van der Waals surface area contributed by atoms with E-state index >= 15 is 0 Å². The van der Waals surface area contributed by atoms with E-state index < -0.39 is 0 Å². The molecule has 0 spiro atoms. The van der Waals surface area contributed by atoms with Gasteiger partial charge < -0.3 is 5.32 Å². The second-order valence-electron chi connectivity index (χ2n) is 4.16. The van der Waals surface area contributed by atoms with Crippen LogP contribution in [0, 0.1) is 5.92 Å². The highest BCUT2D eigenvalue weighted by atomic mass is 15.4. The van der Waals surface area contributed by atoms with Crippen molar-refractivity contribution < 1.29 is 0 Å². The maximum absolute atomic E-state index is 5.68. The zero-order chi connectivity index (χ0) is 8.39. The summed E-state index contributed by atoms with van der Waals surface area (Å²) in [6, 6.07) is 0.862. The predicted molar refractivity (Wildman–Crippen MR) is 49.5 cm³/mol. The third kappa shape index (κ3) is 2.44. The molecule has 1 saturated heterocycles. The van der Waals surface area contributed by atoms with Crippen LogP contribution in [0.25, 0.3) is 0 Å². The lowest BCUT2D eigenvalue weighted by molar-refractivity contribution is 0.185. The highest BCUT2D eigenvalue weighted by Gasteiger charge is 2.23. The van der Waals surface area contributed by atoms with Crippen LogP contribution in [0.1, 0.15) is 25.7 Å². The van der Waals surface area contributed by atoms with Gasteiger partial charge in [-0.3, -0.25) is 5.84 Å². The number of hydrazine groups is 1. The second-order valence-corrected chi connectivity index (χ2v) is 4.16. The molecule has 0 radical (unpaired) electrons. The molecule has 1 heterocycles. The van der Waals surface area contributed by atoms with E-state index in [0.29, 0.717) is 0 Å². The van der Waals surface area contributed by atoms with Gasteiger partial charge in [-0.15, -0.1) is 0 Å². The molecule has 1 aliphatic carbocycles. The SMILES string of the molecule is NN1CCC(CNC2CC2)CC1. The first-order valence-corrected chi connectivity index (χ1v) is 5.07. The molecule has 2 fully saturated rings. The molecule has 3 heteroatoms. The Hall–Kier alpha value is -0.120. The number of piperidine rings is 1. The third-order valence-electron chi connectivity index (χ3n) is 2.92. The summed E-state index contributed by atoms with van der Waals surface area (Å²) in [5, 5.41) is 5.52. The summed E-state index contributed by atoms with van der Waals surface area (Å²) < 4.78 is 0. The van der Waals surface area contributed by atoms with E-state index in [1.165, 1.54) is 32.2 Å². The second kappa shape index (κ2) is 3.73. The van der Waals surface area contributed by atoms with E-state index in [-0.39, 0.29) is 0 Å². The molecule has 70 valence electrons. The molecule has 3 nitrogen and oxygen atoms in total. The highest BCUT2D eigenvalue weighted by molar-refractivity contribution is 4.82. The molecular weight excluding hydrogens is 150 g/mol. The molecule has 0 aromatic heterocycles. The number of nitrogens with two attached hydrogens (primary N) is 1. The van der Waals surface area contributed by atoms with Gasteiger partial charge in [-0.1, -0.05) is 0 Å². The first-order chi connectivity index (χ1) is 5.84. The summed E-state index contributed by atoms with van der Waals surface area (Å²) in [6.45, 7) is 3.38. The van der Waals surface area contributed by atoms with Crippen LogP contribution >= 0.6 is 0 Å². The number of hydrogen-bond donors (Lipinski definition) is 2. The van der Waals surface area contributed by atoms with Gasteiger partial charge in [0.1, 0.15) is 0 Å². The lowest BCUT2D eigenvalue weighted by atomic mass is 9.98. The molecule has 0 amide bonds. The van der Waals surface area contributed by atoms with Crippen molar-refractivity contribution >= 4 is 0 Å². The van der Waals surface area contributed by atoms with Gasteiger partial charge in [-0.25, -0.2) is 5.01 Å². The Bertz CT molecular complexity index is 137. The fraction of sp³-hybridized carbons (Fsp3) is 1.00. The molecule has 1 aliphatic heterocycles. The molecule has 0 aromatic rings. The number of rotatable bonds is 3. The zero-order valence-corrected chi connectivity index (χ0v) is 7.63. The summed E-state index contributed by atoms with van der Waals surface area (Å²) in [7, 11) is 0. The summed E-state index contributed by atoms with van der Waals surface area (Å²) in [6.07, 6.45) is 5.35. The molecule has 12 heavy (non-hydrogen) atoms. The van der Waals surface area contributed by atoms with Crippen molar-refractivity contribution in [1.29, 1.82) is 0 Å². The monoisotopic (exact) mass is 169 g/mol. The Balaban J connectivity index is 1.60. The first-order valence-electron chi connectivity index (χ1n) is 5.07. The van der Waals surface area contributed by atoms with Crippen LogP contribution in [-0.4, -0.2) is 30.7 Å². The van der Waals surface area contributed by atoms with Crippen LogP contribution in [0.5, 0.6) is 0 Å². The Morgan fingerprint density at radius 1 is 1.17 bits per heavy atom. The van der Waals surface area contributed by atoms with Gasteiger partial charge >= 0.3 is 0 Å². The summed E-state index contributed by atoms with van der Waals surface area (Å²) >= 11 is 0. The van der Waals surface area contributed by atoms with Crippen molar-refractivity contribution in [1.82, 2.24) is 10.3 Å². The summed E-state index contributed by atoms with van der Waals surface area (Å²) in [5.74, 6) is 6.56. The fourth-order valence-corrected chi connectivity index (χ4v) is 1.78. The van der Waals surface area contributed by atoms with E-state index in [9.17, 15) is 0 Å². The van der Waals surface area contributed by atoms with Gasteiger partial charge in [0.2, 0.25) is 0 Å². The number of nitrogens with one attached hydrogen (secondary N) is 1. The smallest absolute Gasteiger partial charge is 0.0131 e. The van der Waals surface area contributed by atoms with E-state index in [2.05, 4.69) is 5.32 Å². The van der Waals surface area contributed by atoms with Crippen molar-refractivity contribution in [3.8, 4) is 0 Å².